The lowest BCUT2D eigenvalue weighted by Crippen LogP contribution is -2.43. The summed E-state index contributed by atoms with van der Waals surface area (Å²) in [5.41, 5.74) is 9.73. The molecule has 1 saturated carbocycles. The monoisotopic (exact) mass is 486 g/mol. The van der Waals surface area contributed by atoms with Crippen LogP contribution in [-0.4, -0.2) is 41.1 Å². The van der Waals surface area contributed by atoms with Gasteiger partial charge >= 0.3 is 6.09 Å². The van der Waals surface area contributed by atoms with Gasteiger partial charge in [0, 0.05) is 24.8 Å². The number of carbonyl (C=O) groups is 1. The summed E-state index contributed by atoms with van der Waals surface area (Å²) < 4.78 is 19.9. The Bertz CT molecular complexity index is 1270. The summed E-state index contributed by atoms with van der Waals surface area (Å²) in [6.45, 7) is 7.80. The Kier molecular flexibility index (Phi) is 5.58. The van der Waals surface area contributed by atoms with E-state index in [1.165, 1.54) is 40.9 Å². The number of likely N-dealkylation sites (tertiary alicyclic amines) is 1. The zero-order valence-corrected chi connectivity index (χ0v) is 21.7. The van der Waals surface area contributed by atoms with Crippen LogP contribution in [-0.2, 0) is 11.2 Å². The van der Waals surface area contributed by atoms with Gasteiger partial charge in [-0.3, -0.25) is 9.89 Å². The lowest BCUT2D eigenvalue weighted by Gasteiger charge is -2.31. The zero-order chi connectivity index (χ0) is 25.2. The maximum Gasteiger partial charge on any atom is 0.410 e. The van der Waals surface area contributed by atoms with Gasteiger partial charge < -0.3 is 4.74 Å². The molecule has 1 saturated heterocycles. The van der Waals surface area contributed by atoms with E-state index in [1.54, 1.807) is 11.1 Å². The fourth-order valence-electron chi connectivity index (χ4n) is 6.49. The minimum atomic E-state index is -1.06. The molecule has 4 atom stereocenters. The molecule has 2 unspecified atom stereocenters. The third-order valence-electron chi connectivity index (χ3n) is 8.43. The number of halogens is 1. The van der Waals surface area contributed by atoms with Crippen LogP contribution in [0.1, 0.15) is 74.6 Å². The number of alkyl halides is 1. The maximum absolute atomic E-state index is 14.4. The van der Waals surface area contributed by atoms with Crippen LogP contribution < -0.4 is 0 Å². The van der Waals surface area contributed by atoms with E-state index in [9.17, 15) is 9.18 Å². The first-order chi connectivity index (χ1) is 17.2. The highest BCUT2D eigenvalue weighted by atomic mass is 19.1. The van der Waals surface area contributed by atoms with Crippen molar-refractivity contribution in [2.24, 2.45) is 10.9 Å². The highest BCUT2D eigenvalue weighted by molar-refractivity contribution is 6.03. The molecule has 2 aromatic carbocycles. The van der Waals surface area contributed by atoms with Gasteiger partial charge in [0.25, 0.3) is 0 Å². The van der Waals surface area contributed by atoms with Gasteiger partial charge in [0.05, 0.1) is 12.6 Å². The Morgan fingerprint density at radius 3 is 2.53 bits per heavy atom. The highest BCUT2D eigenvalue weighted by Gasteiger charge is 2.42. The predicted molar refractivity (Wildman–Crippen MR) is 142 cm³/mol. The first-order valence-electron chi connectivity index (χ1n) is 13.3. The normalized spacial score (nSPS) is 26.8. The molecule has 2 fully saturated rings. The Morgan fingerprint density at radius 2 is 1.83 bits per heavy atom. The molecule has 188 valence electrons. The molecule has 0 aromatic heterocycles. The van der Waals surface area contributed by atoms with Crippen LogP contribution in [0.5, 0.6) is 0 Å². The molecule has 2 heterocycles. The van der Waals surface area contributed by atoms with Gasteiger partial charge in [-0.15, -0.1) is 0 Å². The number of allylic oxidation sites excluding steroid dienone is 1. The first-order valence-corrected chi connectivity index (χ1v) is 13.3. The molecule has 4 aliphatic rings. The van der Waals surface area contributed by atoms with E-state index < -0.39 is 17.9 Å². The molecular formula is C31H35FN2O2. The quantitative estimate of drug-likeness (QED) is 0.459. The molecule has 5 heteroatoms. The number of aryl methyl sites for hydroxylation is 1. The fourth-order valence-corrected chi connectivity index (χ4v) is 6.49. The van der Waals surface area contributed by atoms with Gasteiger partial charge in [-0.2, -0.15) is 0 Å². The summed E-state index contributed by atoms with van der Waals surface area (Å²) in [5, 5.41) is 0. The number of amides is 1. The van der Waals surface area contributed by atoms with E-state index in [0.29, 0.717) is 6.42 Å². The Morgan fingerprint density at radius 1 is 1.08 bits per heavy atom. The highest BCUT2D eigenvalue weighted by Crippen LogP contribution is 2.54. The SMILES string of the molecule is Cc1ccc(-c2ccc(C3=CN=C([C@@H]4C[C@H](F)CN4C(=O)OC(C)(C)C)C3)cc2)c2c1CC1CCC21. The average Bonchev–Trinajstić information content (AvgIpc) is 3.50. The van der Waals surface area contributed by atoms with Crippen LogP contribution in [0.15, 0.2) is 47.6 Å². The van der Waals surface area contributed by atoms with Gasteiger partial charge in [0.2, 0.25) is 0 Å². The van der Waals surface area contributed by atoms with E-state index in [4.69, 9.17) is 4.74 Å². The second kappa shape index (κ2) is 8.57. The van der Waals surface area contributed by atoms with E-state index in [2.05, 4.69) is 48.3 Å². The van der Waals surface area contributed by atoms with E-state index in [0.717, 1.165) is 28.7 Å². The van der Waals surface area contributed by atoms with Gasteiger partial charge in [-0.1, -0.05) is 36.4 Å². The van der Waals surface area contributed by atoms with Crippen LogP contribution in [0.25, 0.3) is 16.7 Å². The smallest absolute Gasteiger partial charge is 0.410 e. The summed E-state index contributed by atoms with van der Waals surface area (Å²) in [4.78, 5) is 18.9. The molecule has 0 bridgehead atoms. The zero-order valence-electron chi connectivity index (χ0n) is 21.7. The fraction of sp³-hybridized carbons (Fsp3) is 0.484. The topological polar surface area (TPSA) is 41.9 Å². The number of benzene rings is 2. The van der Waals surface area contributed by atoms with Crippen molar-refractivity contribution in [2.45, 2.75) is 83.5 Å². The number of ether oxygens (including phenoxy) is 1. The van der Waals surface area contributed by atoms with E-state index in [-0.39, 0.29) is 19.0 Å². The Labute approximate surface area is 213 Å². The minimum Gasteiger partial charge on any atom is -0.444 e. The molecule has 0 N–H and O–H groups in total. The van der Waals surface area contributed by atoms with Crippen molar-refractivity contribution in [1.29, 1.82) is 0 Å². The van der Waals surface area contributed by atoms with Crippen LogP contribution in [0.3, 0.4) is 0 Å². The third-order valence-corrected chi connectivity index (χ3v) is 8.43. The standard InChI is InChI=1S/C31H35FN2O2/c1-18-5-11-24(29-25-12-10-21(25)13-26(18)29)20-8-6-19(7-9-20)22-14-27(33-16-22)28-15-23(32)17-34(28)30(35)36-31(2,3)4/h5-9,11,16,21,23,25,28H,10,12-15,17H2,1-4H3/t21?,23-,25?,28-/m0/s1. The van der Waals surface area contributed by atoms with Crippen LogP contribution in [0.2, 0.25) is 0 Å². The molecule has 2 aliphatic heterocycles. The van der Waals surface area contributed by atoms with Crippen molar-refractivity contribution in [3.63, 3.8) is 0 Å². The van der Waals surface area contributed by atoms with Gasteiger partial charge in [-0.05, 0) is 97.7 Å². The van der Waals surface area contributed by atoms with Crippen LogP contribution >= 0.6 is 0 Å². The number of rotatable bonds is 3. The number of aliphatic imine (C=N–C) groups is 1. The maximum atomic E-state index is 14.4. The largest absolute Gasteiger partial charge is 0.444 e. The molecule has 0 radical (unpaired) electrons. The lowest BCUT2D eigenvalue weighted by atomic mass is 9.73. The number of carbonyl (C=O) groups excluding carboxylic acids is 1. The summed E-state index contributed by atoms with van der Waals surface area (Å²) in [5.74, 6) is 1.58. The Balaban J connectivity index is 1.18. The summed E-state index contributed by atoms with van der Waals surface area (Å²) in [6, 6.07) is 13.0. The molecule has 0 spiro atoms. The second-order valence-electron chi connectivity index (χ2n) is 12.0. The molecule has 1 amide bonds. The molecular weight excluding hydrogens is 451 g/mol. The number of hydrogen-bond donors (Lipinski definition) is 0. The van der Waals surface area contributed by atoms with Crippen molar-refractivity contribution < 1.29 is 13.9 Å². The van der Waals surface area contributed by atoms with Crippen molar-refractivity contribution in [1.82, 2.24) is 4.90 Å². The minimum absolute atomic E-state index is 0.0609. The molecule has 6 rings (SSSR count). The van der Waals surface area contributed by atoms with Crippen molar-refractivity contribution >= 4 is 17.4 Å². The molecule has 36 heavy (non-hydrogen) atoms. The number of fused-ring (bicyclic) bond motifs is 3. The second-order valence-corrected chi connectivity index (χ2v) is 12.0. The predicted octanol–water partition coefficient (Wildman–Crippen LogP) is 7.24. The molecule has 2 aromatic rings. The van der Waals surface area contributed by atoms with Crippen LogP contribution in [0.4, 0.5) is 9.18 Å². The van der Waals surface area contributed by atoms with Gasteiger partial charge in [0.15, 0.2) is 0 Å². The third kappa shape index (κ3) is 4.07. The van der Waals surface area contributed by atoms with Crippen molar-refractivity contribution in [3.8, 4) is 11.1 Å². The summed E-state index contributed by atoms with van der Waals surface area (Å²) in [7, 11) is 0. The molecule has 2 aliphatic carbocycles. The van der Waals surface area contributed by atoms with Crippen LogP contribution in [0, 0.1) is 12.8 Å². The van der Waals surface area contributed by atoms with Crippen molar-refractivity contribution in [2.75, 3.05) is 6.54 Å². The number of nitrogens with zero attached hydrogens (tertiary/aromatic N) is 2. The average molecular weight is 487 g/mol. The summed E-state index contributed by atoms with van der Waals surface area (Å²) >= 11 is 0. The number of hydrogen-bond acceptors (Lipinski definition) is 3. The lowest BCUT2D eigenvalue weighted by molar-refractivity contribution is 0.0256. The van der Waals surface area contributed by atoms with Crippen molar-refractivity contribution in [3.05, 3.63) is 64.9 Å². The summed E-state index contributed by atoms with van der Waals surface area (Å²) in [6.07, 6.45) is 5.19. The van der Waals surface area contributed by atoms with E-state index in [1.807, 2.05) is 27.0 Å². The first kappa shape index (κ1) is 23.4. The van der Waals surface area contributed by atoms with Gasteiger partial charge in [0.1, 0.15) is 11.8 Å². The molecule has 4 nitrogen and oxygen atoms in total. The van der Waals surface area contributed by atoms with Gasteiger partial charge in [-0.25, -0.2) is 9.18 Å². The van der Waals surface area contributed by atoms with E-state index >= 15 is 0 Å². The Hall–Kier alpha value is -2.95.